The summed E-state index contributed by atoms with van der Waals surface area (Å²) in [7, 11) is 3.98. The molecule has 1 saturated heterocycles. The van der Waals surface area contributed by atoms with Gasteiger partial charge >= 0.3 is 0 Å². The summed E-state index contributed by atoms with van der Waals surface area (Å²) >= 11 is 0. The molecule has 2 aromatic rings. The highest BCUT2D eigenvalue weighted by Gasteiger charge is 2.68. The molecule has 2 saturated carbocycles. The molecule has 8 atom stereocenters. The number of pyridine rings is 1. The Labute approximate surface area is 207 Å². The topological polar surface area (TPSA) is 65.8 Å². The molecular formula is C30H36N2O3. The second kappa shape index (κ2) is 7.25. The third-order valence-electron chi connectivity index (χ3n) is 10.6. The van der Waals surface area contributed by atoms with Gasteiger partial charge in [-0.2, -0.15) is 0 Å². The average Bonchev–Trinajstić information content (AvgIpc) is 3.37. The normalized spacial score (nSPS) is 44.0. The Morgan fingerprint density at radius 2 is 1.94 bits per heavy atom. The number of benzene rings is 1. The van der Waals surface area contributed by atoms with E-state index in [0.717, 1.165) is 37.7 Å². The molecule has 2 aliphatic heterocycles. The Balaban J connectivity index is 1.29. The molecule has 3 fully saturated rings. The summed E-state index contributed by atoms with van der Waals surface area (Å²) in [6, 6.07) is 8.90. The lowest BCUT2D eigenvalue weighted by Crippen LogP contribution is -2.61. The maximum absolute atomic E-state index is 11.2. The van der Waals surface area contributed by atoms with E-state index in [1.165, 1.54) is 28.3 Å². The van der Waals surface area contributed by atoms with Crippen molar-refractivity contribution in [2.45, 2.75) is 80.8 Å². The number of hydrogen-bond donors (Lipinski definition) is 2. The Kier molecular flexibility index (Phi) is 4.60. The van der Waals surface area contributed by atoms with Gasteiger partial charge in [-0.25, -0.2) is 0 Å². The Bertz CT molecular complexity index is 1270. The molecular weight excluding hydrogens is 436 g/mol. The van der Waals surface area contributed by atoms with Gasteiger partial charge in [0.1, 0.15) is 6.10 Å². The van der Waals surface area contributed by atoms with Crippen LogP contribution in [-0.4, -0.2) is 63.6 Å². The zero-order valence-corrected chi connectivity index (χ0v) is 20.9. The first-order valence-corrected chi connectivity index (χ1v) is 13.3. The second-order valence-electron chi connectivity index (χ2n) is 12.3. The Morgan fingerprint density at radius 1 is 1.09 bits per heavy atom. The van der Waals surface area contributed by atoms with Gasteiger partial charge in [0.15, 0.2) is 0 Å². The minimum Gasteiger partial charge on any atom is -0.388 e. The van der Waals surface area contributed by atoms with Crippen LogP contribution in [0.25, 0.3) is 10.8 Å². The lowest BCUT2D eigenvalue weighted by molar-refractivity contribution is -0.165. The van der Waals surface area contributed by atoms with Crippen molar-refractivity contribution in [1.29, 1.82) is 0 Å². The van der Waals surface area contributed by atoms with Gasteiger partial charge in [-0.1, -0.05) is 31.2 Å². The van der Waals surface area contributed by atoms with Gasteiger partial charge in [0.05, 0.1) is 17.3 Å². The number of aliphatic hydroxyl groups is 2. The number of fused-ring (bicyclic) bond motifs is 2. The number of aromatic nitrogens is 1. The van der Waals surface area contributed by atoms with E-state index in [-0.39, 0.29) is 17.1 Å². The van der Waals surface area contributed by atoms with Crippen LogP contribution >= 0.6 is 0 Å². The van der Waals surface area contributed by atoms with Crippen molar-refractivity contribution in [3.05, 3.63) is 65.5 Å². The molecule has 5 aliphatic rings. The summed E-state index contributed by atoms with van der Waals surface area (Å²) in [5.41, 5.74) is 2.97. The number of aliphatic hydroxyl groups excluding tert-OH is 2. The van der Waals surface area contributed by atoms with Gasteiger partial charge in [0.2, 0.25) is 0 Å². The molecule has 1 aromatic carbocycles. The van der Waals surface area contributed by atoms with E-state index in [1.807, 2.05) is 31.4 Å². The SMILES string of the molecule is CN(C)[C@H]1C[C@@]23CC[C@]4(O2)C(=CC[C@]2(C)[C@@H](c5ccc6ccncc6c5)CC[C@H]24)C=C3[C@@H](O)[C@@H]1O. The molecule has 2 spiro atoms. The number of rotatable bonds is 2. The van der Waals surface area contributed by atoms with Gasteiger partial charge in [0, 0.05) is 23.8 Å². The largest absolute Gasteiger partial charge is 0.388 e. The van der Waals surface area contributed by atoms with E-state index < -0.39 is 17.8 Å². The van der Waals surface area contributed by atoms with E-state index in [1.54, 1.807) is 0 Å². The van der Waals surface area contributed by atoms with Crippen LogP contribution in [0.3, 0.4) is 0 Å². The van der Waals surface area contributed by atoms with Crippen molar-refractivity contribution in [3.8, 4) is 0 Å². The maximum atomic E-state index is 11.2. The minimum atomic E-state index is -0.871. The van der Waals surface area contributed by atoms with Crippen LogP contribution in [0.4, 0.5) is 0 Å². The van der Waals surface area contributed by atoms with Crippen LogP contribution < -0.4 is 0 Å². The first-order chi connectivity index (χ1) is 16.8. The molecule has 5 nitrogen and oxygen atoms in total. The van der Waals surface area contributed by atoms with Crippen LogP contribution in [-0.2, 0) is 4.74 Å². The first-order valence-electron chi connectivity index (χ1n) is 13.3. The molecule has 7 rings (SSSR count). The lowest BCUT2D eigenvalue weighted by Gasteiger charge is -2.56. The molecule has 0 unspecified atom stereocenters. The van der Waals surface area contributed by atoms with Gasteiger partial charge in [0.25, 0.3) is 0 Å². The molecule has 0 amide bonds. The number of likely N-dealkylation sites (N-methyl/N-ethyl adjacent to an activating group) is 1. The van der Waals surface area contributed by atoms with E-state index in [2.05, 4.69) is 48.3 Å². The van der Waals surface area contributed by atoms with Gasteiger partial charge in [-0.15, -0.1) is 0 Å². The third kappa shape index (κ3) is 2.81. The van der Waals surface area contributed by atoms with Gasteiger partial charge in [-0.05, 0) is 104 Å². The zero-order valence-electron chi connectivity index (χ0n) is 20.9. The fourth-order valence-electron chi connectivity index (χ4n) is 8.79. The maximum Gasteiger partial charge on any atom is 0.105 e. The molecule has 3 heterocycles. The van der Waals surface area contributed by atoms with Crippen LogP contribution in [0.2, 0.25) is 0 Å². The fourth-order valence-corrected chi connectivity index (χ4v) is 8.79. The van der Waals surface area contributed by atoms with E-state index in [0.29, 0.717) is 11.8 Å². The Morgan fingerprint density at radius 3 is 2.77 bits per heavy atom. The van der Waals surface area contributed by atoms with Crippen molar-refractivity contribution < 1.29 is 14.9 Å². The molecule has 0 radical (unpaired) electrons. The smallest absolute Gasteiger partial charge is 0.105 e. The molecule has 3 aliphatic carbocycles. The second-order valence-corrected chi connectivity index (χ2v) is 12.3. The molecule has 2 N–H and O–H groups in total. The predicted molar refractivity (Wildman–Crippen MR) is 136 cm³/mol. The molecule has 5 heteroatoms. The number of ether oxygens (including phenoxy) is 1. The summed E-state index contributed by atoms with van der Waals surface area (Å²) in [6.45, 7) is 2.49. The van der Waals surface area contributed by atoms with Gasteiger partial charge in [-0.3, -0.25) is 4.98 Å². The van der Waals surface area contributed by atoms with E-state index in [9.17, 15) is 10.2 Å². The van der Waals surface area contributed by atoms with Crippen molar-refractivity contribution in [1.82, 2.24) is 9.88 Å². The van der Waals surface area contributed by atoms with Gasteiger partial charge < -0.3 is 19.8 Å². The van der Waals surface area contributed by atoms with Crippen LogP contribution in [0.15, 0.2) is 60.0 Å². The monoisotopic (exact) mass is 472 g/mol. The highest BCUT2D eigenvalue weighted by Crippen LogP contribution is 2.69. The fraction of sp³-hybridized carbons (Fsp3) is 0.567. The number of nitrogens with zero attached hydrogens (tertiary/aromatic N) is 2. The lowest BCUT2D eigenvalue weighted by atomic mass is 9.58. The van der Waals surface area contributed by atoms with Crippen molar-refractivity contribution >= 4 is 10.8 Å². The standard InChI is InChI=1S/C30H36N2O3/c1-28-10-8-21-15-23-26(33)27(34)24(32(2)3)16-29(23)11-12-30(21,35-29)25(28)7-6-22(28)19-5-4-18-9-13-31-17-20(18)14-19/h4-5,8-9,13-15,17,22,24-27,33-34H,6-7,10-12,16H2,1-3H3/t22-,24+,25-,26-,27-,28-,29-,30+/m1/s1. The summed E-state index contributed by atoms with van der Waals surface area (Å²) < 4.78 is 7.27. The van der Waals surface area contributed by atoms with Crippen LogP contribution in [0.5, 0.6) is 0 Å². The highest BCUT2D eigenvalue weighted by molar-refractivity contribution is 5.82. The quantitative estimate of drug-likeness (QED) is 0.680. The summed E-state index contributed by atoms with van der Waals surface area (Å²) in [5, 5.41) is 24.5. The highest BCUT2D eigenvalue weighted by atomic mass is 16.5. The van der Waals surface area contributed by atoms with Crippen LogP contribution in [0.1, 0.15) is 56.9 Å². The molecule has 2 bridgehead atoms. The third-order valence-corrected chi connectivity index (χ3v) is 10.6. The molecule has 1 aromatic heterocycles. The summed E-state index contributed by atoms with van der Waals surface area (Å²) in [5.74, 6) is 0.937. The van der Waals surface area contributed by atoms with Crippen molar-refractivity contribution in [2.75, 3.05) is 14.1 Å². The summed E-state index contributed by atoms with van der Waals surface area (Å²) in [4.78, 5) is 6.40. The van der Waals surface area contributed by atoms with Crippen LogP contribution in [0, 0.1) is 11.3 Å². The Hall–Kier alpha value is -2.05. The molecule has 35 heavy (non-hydrogen) atoms. The summed E-state index contributed by atoms with van der Waals surface area (Å²) in [6.07, 6.45) is 12.8. The molecule has 184 valence electrons. The van der Waals surface area contributed by atoms with E-state index >= 15 is 0 Å². The van der Waals surface area contributed by atoms with Crippen molar-refractivity contribution in [2.24, 2.45) is 11.3 Å². The first kappa shape index (κ1) is 22.2. The predicted octanol–water partition coefficient (Wildman–Crippen LogP) is 4.35. The minimum absolute atomic E-state index is 0.111. The van der Waals surface area contributed by atoms with E-state index in [4.69, 9.17) is 4.74 Å². The average molecular weight is 473 g/mol. The number of allylic oxidation sites excluding steroid dienone is 1. The number of hydrogen-bond acceptors (Lipinski definition) is 5. The zero-order chi connectivity index (χ0) is 24.2. The van der Waals surface area contributed by atoms with Crippen molar-refractivity contribution in [3.63, 3.8) is 0 Å².